The van der Waals surface area contributed by atoms with Gasteiger partial charge in [-0.2, -0.15) is 0 Å². The fourth-order valence-corrected chi connectivity index (χ4v) is 2.11. The van der Waals surface area contributed by atoms with E-state index in [1.54, 1.807) is 0 Å². The summed E-state index contributed by atoms with van der Waals surface area (Å²) in [6.45, 7) is 10.2. The van der Waals surface area contributed by atoms with Crippen LogP contribution in [0.5, 0.6) is 0 Å². The average molecular weight is 262 g/mol. The Labute approximate surface area is 117 Å². The van der Waals surface area contributed by atoms with Crippen LogP contribution in [0.4, 0.5) is 0 Å². The number of carbonyl (C=O) groups excluding carboxylic acids is 1. The molecule has 0 aromatic heterocycles. The van der Waals surface area contributed by atoms with Gasteiger partial charge < -0.3 is 4.74 Å². The quantitative estimate of drug-likeness (QED) is 0.495. The van der Waals surface area contributed by atoms with Crippen LogP contribution in [0.2, 0.25) is 0 Å². The van der Waals surface area contributed by atoms with E-state index >= 15 is 0 Å². The summed E-state index contributed by atoms with van der Waals surface area (Å²) < 4.78 is 5.36. The Morgan fingerprint density at radius 1 is 1.26 bits per heavy atom. The molecule has 0 aromatic rings. The molecule has 19 heavy (non-hydrogen) atoms. The van der Waals surface area contributed by atoms with Gasteiger partial charge in [-0.3, -0.25) is 4.79 Å². The van der Waals surface area contributed by atoms with E-state index in [9.17, 15) is 4.79 Å². The number of rotatable bonds is 1. The molecule has 2 nitrogen and oxygen atoms in total. The largest absolute Gasteiger partial charge is 0.431 e. The lowest BCUT2D eigenvalue weighted by molar-refractivity contribution is -0.137. The molecule has 0 spiro atoms. The van der Waals surface area contributed by atoms with Gasteiger partial charge in [-0.15, -0.1) is 0 Å². The Kier molecular flexibility index (Phi) is 5.59. The van der Waals surface area contributed by atoms with Crippen molar-refractivity contribution in [3.63, 3.8) is 0 Å². The zero-order valence-electron chi connectivity index (χ0n) is 12.9. The second kappa shape index (κ2) is 6.74. The van der Waals surface area contributed by atoms with Gasteiger partial charge in [-0.05, 0) is 44.1 Å². The molecule has 1 aliphatic rings. The standard InChI is InChI=1S/C17H26O2/c1-13-8-9-16(19-15(3)18)14(2)7-6-11-17(4,5)12-10-13/h6,10-11H,7-9,12H2,1-5H3/b11-6+,13-10+,16-14+. The number of carbonyl (C=O) groups is 1. The van der Waals surface area contributed by atoms with Crippen molar-refractivity contribution in [3.05, 3.63) is 35.1 Å². The van der Waals surface area contributed by atoms with Gasteiger partial charge in [0.05, 0.1) is 0 Å². The lowest BCUT2D eigenvalue weighted by atomic mass is 9.87. The van der Waals surface area contributed by atoms with Gasteiger partial charge in [-0.1, -0.05) is 37.6 Å². The van der Waals surface area contributed by atoms with Crippen molar-refractivity contribution in [2.75, 3.05) is 0 Å². The fourth-order valence-electron chi connectivity index (χ4n) is 2.11. The lowest BCUT2D eigenvalue weighted by Gasteiger charge is -2.18. The van der Waals surface area contributed by atoms with Crippen LogP contribution >= 0.6 is 0 Å². The zero-order chi connectivity index (χ0) is 14.5. The Morgan fingerprint density at radius 2 is 1.95 bits per heavy atom. The van der Waals surface area contributed by atoms with E-state index in [1.807, 2.05) is 6.92 Å². The molecule has 1 aliphatic carbocycles. The molecular formula is C17H26O2. The molecule has 0 saturated carbocycles. The maximum absolute atomic E-state index is 11.2. The third kappa shape index (κ3) is 5.91. The first-order chi connectivity index (χ1) is 8.80. The van der Waals surface area contributed by atoms with E-state index in [0.29, 0.717) is 0 Å². The van der Waals surface area contributed by atoms with E-state index in [0.717, 1.165) is 37.0 Å². The number of hydrogen-bond acceptors (Lipinski definition) is 2. The van der Waals surface area contributed by atoms with Crippen molar-refractivity contribution in [1.29, 1.82) is 0 Å². The van der Waals surface area contributed by atoms with Crippen molar-refractivity contribution in [2.24, 2.45) is 5.41 Å². The second-order valence-corrected chi connectivity index (χ2v) is 6.15. The first-order valence-corrected chi connectivity index (χ1v) is 7.00. The summed E-state index contributed by atoms with van der Waals surface area (Å²) in [6, 6.07) is 0. The van der Waals surface area contributed by atoms with E-state index in [1.165, 1.54) is 12.5 Å². The molecular weight excluding hydrogens is 236 g/mol. The lowest BCUT2D eigenvalue weighted by Crippen LogP contribution is -2.05. The van der Waals surface area contributed by atoms with Gasteiger partial charge in [0.1, 0.15) is 5.76 Å². The van der Waals surface area contributed by atoms with E-state index in [4.69, 9.17) is 4.74 Å². The molecule has 0 heterocycles. The summed E-state index contributed by atoms with van der Waals surface area (Å²) in [4.78, 5) is 11.2. The second-order valence-electron chi connectivity index (χ2n) is 6.15. The first-order valence-electron chi connectivity index (χ1n) is 7.00. The molecule has 0 aromatic carbocycles. The minimum Gasteiger partial charge on any atom is -0.431 e. The number of allylic oxidation sites excluding steroid dienone is 6. The van der Waals surface area contributed by atoms with Crippen molar-refractivity contribution in [1.82, 2.24) is 0 Å². The van der Waals surface area contributed by atoms with Gasteiger partial charge in [0.15, 0.2) is 0 Å². The third-order valence-corrected chi connectivity index (χ3v) is 3.46. The van der Waals surface area contributed by atoms with Gasteiger partial charge in [0, 0.05) is 13.3 Å². The Bertz CT molecular complexity index is 423. The van der Waals surface area contributed by atoms with E-state index < -0.39 is 0 Å². The Morgan fingerprint density at radius 3 is 2.58 bits per heavy atom. The zero-order valence-corrected chi connectivity index (χ0v) is 12.9. The Balaban J connectivity index is 2.98. The minimum atomic E-state index is -0.227. The Hall–Kier alpha value is -1.31. The van der Waals surface area contributed by atoms with Crippen LogP contribution in [0.1, 0.15) is 60.3 Å². The van der Waals surface area contributed by atoms with Crippen molar-refractivity contribution in [3.8, 4) is 0 Å². The highest BCUT2D eigenvalue weighted by Gasteiger charge is 2.14. The summed E-state index contributed by atoms with van der Waals surface area (Å²) >= 11 is 0. The van der Waals surface area contributed by atoms with Gasteiger partial charge >= 0.3 is 5.97 Å². The highest BCUT2D eigenvalue weighted by molar-refractivity contribution is 5.67. The van der Waals surface area contributed by atoms with Crippen LogP contribution < -0.4 is 0 Å². The van der Waals surface area contributed by atoms with Crippen LogP contribution in [0.15, 0.2) is 35.1 Å². The van der Waals surface area contributed by atoms with Crippen LogP contribution in [0, 0.1) is 5.41 Å². The number of esters is 1. The highest BCUT2D eigenvalue weighted by atomic mass is 16.5. The van der Waals surface area contributed by atoms with Crippen LogP contribution in [0.25, 0.3) is 0 Å². The predicted molar refractivity (Wildman–Crippen MR) is 79.6 cm³/mol. The minimum absolute atomic E-state index is 0.188. The maximum Gasteiger partial charge on any atom is 0.307 e. The molecule has 0 radical (unpaired) electrons. The highest BCUT2D eigenvalue weighted by Crippen LogP contribution is 2.27. The number of hydrogen-bond donors (Lipinski definition) is 0. The maximum atomic E-state index is 11.2. The fraction of sp³-hybridized carbons (Fsp3) is 0.588. The average Bonchev–Trinajstić information content (AvgIpc) is 2.31. The van der Waals surface area contributed by atoms with Crippen molar-refractivity contribution < 1.29 is 9.53 Å². The van der Waals surface area contributed by atoms with Crippen LogP contribution in [0.3, 0.4) is 0 Å². The molecule has 0 aliphatic heterocycles. The smallest absolute Gasteiger partial charge is 0.307 e. The summed E-state index contributed by atoms with van der Waals surface area (Å²) in [6.07, 6.45) is 10.4. The normalized spacial score (nSPS) is 28.8. The van der Waals surface area contributed by atoms with Crippen molar-refractivity contribution in [2.45, 2.75) is 60.3 Å². The van der Waals surface area contributed by atoms with Gasteiger partial charge in [0.25, 0.3) is 0 Å². The molecule has 0 bridgehead atoms. The molecule has 0 N–H and O–H groups in total. The van der Waals surface area contributed by atoms with Crippen LogP contribution in [-0.2, 0) is 9.53 Å². The monoisotopic (exact) mass is 262 g/mol. The molecule has 1 rings (SSSR count). The topological polar surface area (TPSA) is 26.3 Å². The van der Waals surface area contributed by atoms with Gasteiger partial charge in [-0.25, -0.2) is 0 Å². The number of ether oxygens (including phenoxy) is 1. The summed E-state index contributed by atoms with van der Waals surface area (Å²) in [7, 11) is 0. The van der Waals surface area contributed by atoms with E-state index in [2.05, 4.69) is 39.0 Å². The molecule has 106 valence electrons. The predicted octanol–water partition coefficient (Wildman–Crippen LogP) is 4.93. The third-order valence-electron chi connectivity index (χ3n) is 3.46. The SMILES string of the molecule is CC(=O)O/C1=C(\C)C/C=C/C(C)(C)C/C=C(\C)CC1. The summed E-state index contributed by atoms with van der Waals surface area (Å²) in [5.41, 5.74) is 2.70. The molecule has 0 unspecified atom stereocenters. The molecule has 0 fully saturated rings. The molecule has 0 atom stereocenters. The molecule has 0 saturated heterocycles. The summed E-state index contributed by atoms with van der Waals surface area (Å²) in [5, 5.41) is 0. The van der Waals surface area contributed by atoms with Gasteiger partial charge in [0.2, 0.25) is 0 Å². The molecule has 0 amide bonds. The van der Waals surface area contributed by atoms with E-state index in [-0.39, 0.29) is 11.4 Å². The first kappa shape index (κ1) is 15.7. The van der Waals surface area contributed by atoms with Crippen molar-refractivity contribution >= 4 is 5.97 Å². The van der Waals surface area contributed by atoms with Crippen LogP contribution in [-0.4, -0.2) is 5.97 Å². The molecule has 2 heteroatoms. The summed E-state index contributed by atoms with van der Waals surface area (Å²) in [5.74, 6) is 0.611.